The Kier molecular flexibility index (Phi) is 6.85. The highest BCUT2D eigenvalue weighted by Gasteiger charge is 2.42. The van der Waals surface area contributed by atoms with Gasteiger partial charge in [0.15, 0.2) is 0 Å². The van der Waals surface area contributed by atoms with Crippen molar-refractivity contribution in [3.05, 3.63) is 83.2 Å². The van der Waals surface area contributed by atoms with E-state index in [-0.39, 0.29) is 21.7 Å². The van der Waals surface area contributed by atoms with Crippen LogP contribution in [0, 0.1) is 19.7 Å². The Morgan fingerprint density at radius 3 is 2.35 bits per heavy atom. The molecule has 1 unspecified atom stereocenters. The number of rotatable bonds is 5. The quantitative estimate of drug-likeness (QED) is 0.475. The molecule has 7 nitrogen and oxygen atoms in total. The number of hydrogen-bond donors (Lipinski definition) is 2. The van der Waals surface area contributed by atoms with Crippen LogP contribution in [-0.2, 0) is 25.0 Å². The molecule has 1 heterocycles. The first kappa shape index (κ1) is 26.3. The van der Waals surface area contributed by atoms with Gasteiger partial charge in [-0.25, -0.2) is 12.8 Å². The fourth-order valence-electron chi connectivity index (χ4n) is 4.24. The number of amides is 2. The van der Waals surface area contributed by atoms with Gasteiger partial charge >= 0.3 is 0 Å². The van der Waals surface area contributed by atoms with Gasteiger partial charge in [0.1, 0.15) is 11.9 Å². The summed E-state index contributed by atoms with van der Waals surface area (Å²) in [4.78, 5) is 26.1. The molecule has 3 aromatic rings. The summed E-state index contributed by atoms with van der Waals surface area (Å²) in [6.45, 7) is 9.74. The SMILES string of the molecule is Cc1ccc(C)c(NC(=O)CC2C(=O)Nc3ccc(F)cc3N2S(=O)(=O)c2ccc(C(C)(C)C)cc2)c1. The van der Waals surface area contributed by atoms with Crippen molar-refractivity contribution in [1.29, 1.82) is 0 Å². The van der Waals surface area contributed by atoms with Gasteiger partial charge in [0.2, 0.25) is 11.8 Å². The molecule has 0 spiro atoms. The predicted molar refractivity (Wildman–Crippen MR) is 143 cm³/mol. The highest BCUT2D eigenvalue weighted by Crippen LogP contribution is 2.38. The van der Waals surface area contributed by atoms with Crippen LogP contribution in [-0.4, -0.2) is 26.3 Å². The second kappa shape index (κ2) is 9.63. The maximum Gasteiger partial charge on any atom is 0.265 e. The van der Waals surface area contributed by atoms with E-state index >= 15 is 0 Å². The van der Waals surface area contributed by atoms with Crippen LogP contribution in [0.25, 0.3) is 0 Å². The molecule has 37 heavy (non-hydrogen) atoms. The van der Waals surface area contributed by atoms with Crippen molar-refractivity contribution in [2.75, 3.05) is 14.9 Å². The van der Waals surface area contributed by atoms with Gasteiger partial charge in [-0.3, -0.25) is 13.9 Å². The molecule has 3 aromatic carbocycles. The lowest BCUT2D eigenvalue weighted by Crippen LogP contribution is -2.52. The van der Waals surface area contributed by atoms with Crippen LogP contribution < -0.4 is 14.9 Å². The van der Waals surface area contributed by atoms with E-state index in [0.717, 1.165) is 33.1 Å². The molecular formula is C28H30FN3O4S. The van der Waals surface area contributed by atoms with E-state index in [0.29, 0.717) is 5.69 Å². The first-order chi connectivity index (χ1) is 17.3. The molecule has 0 saturated heterocycles. The van der Waals surface area contributed by atoms with E-state index in [1.807, 2.05) is 46.8 Å². The minimum Gasteiger partial charge on any atom is -0.326 e. The van der Waals surface area contributed by atoms with Crippen molar-refractivity contribution < 1.29 is 22.4 Å². The van der Waals surface area contributed by atoms with E-state index in [1.54, 1.807) is 18.2 Å². The van der Waals surface area contributed by atoms with Crippen LogP contribution in [0.1, 0.15) is 43.9 Å². The number of nitrogens with zero attached hydrogens (tertiary/aromatic N) is 1. The maximum absolute atomic E-state index is 14.3. The zero-order chi connectivity index (χ0) is 27.1. The molecule has 1 atom stereocenters. The molecule has 2 amide bonds. The van der Waals surface area contributed by atoms with E-state index in [2.05, 4.69) is 10.6 Å². The van der Waals surface area contributed by atoms with E-state index in [4.69, 9.17) is 0 Å². The molecule has 2 N–H and O–H groups in total. The standard InChI is InChI=1S/C28H30FN3O4S/c1-17-6-7-18(2)23(14-17)30-26(33)16-25-27(34)31-22-13-10-20(29)15-24(22)32(25)37(35,36)21-11-8-19(9-12-21)28(3,4)5/h6-15,25H,16H2,1-5H3,(H,30,33)(H,31,34). The highest BCUT2D eigenvalue weighted by molar-refractivity contribution is 7.93. The summed E-state index contributed by atoms with van der Waals surface area (Å²) in [6, 6.07) is 14.0. The van der Waals surface area contributed by atoms with Crippen LogP contribution >= 0.6 is 0 Å². The largest absolute Gasteiger partial charge is 0.326 e. The first-order valence-electron chi connectivity index (χ1n) is 11.9. The Bertz CT molecular complexity index is 1480. The number of benzene rings is 3. The molecule has 0 bridgehead atoms. The number of carbonyl (C=O) groups excluding carboxylic acids is 2. The van der Waals surface area contributed by atoms with E-state index in [9.17, 15) is 22.4 Å². The van der Waals surface area contributed by atoms with Crippen molar-refractivity contribution in [3.8, 4) is 0 Å². The summed E-state index contributed by atoms with van der Waals surface area (Å²) in [5, 5.41) is 5.39. The van der Waals surface area contributed by atoms with Gasteiger partial charge in [0.05, 0.1) is 22.7 Å². The van der Waals surface area contributed by atoms with Gasteiger partial charge in [0.25, 0.3) is 10.0 Å². The summed E-state index contributed by atoms with van der Waals surface area (Å²) in [6.07, 6.45) is -0.464. The molecule has 0 aliphatic carbocycles. The minimum absolute atomic E-state index is 0.0379. The zero-order valence-corrected chi connectivity index (χ0v) is 22.2. The van der Waals surface area contributed by atoms with Gasteiger partial charge in [-0.15, -0.1) is 0 Å². The van der Waals surface area contributed by atoms with Crippen molar-refractivity contribution in [2.24, 2.45) is 0 Å². The minimum atomic E-state index is -4.34. The van der Waals surface area contributed by atoms with Crippen LogP contribution in [0.15, 0.2) is 65.6 Å². The van der Waals surface area contributed by atoms with Gasteiger partial charge < -0.3 is 10.6 Å². The lowest BCUT2D eigenvalue weighted by atomic mass is 9.87. The van der Waals surface area contributed by atoms with Gasteiger partial charge in [-0.05, 0) is 66.3 Å². The van der Waals surface area contributed by atoms with Gasteiger partial charge in [0, 0.05) is 11.8 Å². The number of sulfonamides is 1. The van der Waals surface area contributed by atoms with Crippen molar-refractivity contribution in [3.63, 3.8) is 0 Å². The lowest BCUT2D eigenvalue weighted by molar-refractivity contribution is -0.122. The molecule has 9 heteroatoms. The third kappa shape index (κ3) is 5.36. The smallest absolute Gasteiger partial charge is 0.265 e. The molecule has 0 aromatic heterocycles. The number of nitrogens with one attached hydrogen (secondary N) is 2. The van der Waals surface area contributed by atoms with Crippen molar-refractivity contribution in [2.45, 2.75) is 57.4 Å². The Balaban J connectivity index is 1.75. The Morgan fingerprint density at radius 1 is 1.03 bits per heavy atom. The molecule has 0 saturated carbocycles. The summed E-state index contributed by atoms with van der Waals surface area (Å²) in [5.41, 5.74) is 3.17. The Morgan fingerprint density at radius 2 is 1.70 bits per heavy atom. The van der Waals surface area contributed by atoms with Crippen LogP contribution in [0.3, 0.4) is 0 Å². The molecule has 1 aliphatic heterocycles. The third-order valence-electron chi connectivity index (χ3n) is 6.36. The third-order valence-corrected chi connectivity index (χ3v) is 8.20. The topological polar surface area (TPSA) is 95.6 Å². The van der Waals surface area contributed by atoms with Crippen molar-refractivity contribution >= 4 is 38.9 Å². The Hall–Kier alpha value is -3.72. The molecule has 4 rings (SSSR count). The van der Waals surface area contributed by atoms with E-state index in [1.165, 1.54) is 18.2 Å². The number of carbonyl (C=O) groups is 2. The summed E-state index contributed by atoms with van der Waals surface area (Å²) < 4.78 is 43.0. The van der Waals surface area contributed by atoms with Gasteiger partial charge in [-0.1, -0.05) is 45.0 Å². The number of fused-ring (bicyclic) bond motifs is 1. The average molecular weight is 524 g/mol. The highest BCUT2D eigenvalue weighted by atomic mass is 32.2. The predicted octanol–water partition coefficient (Wildman–Crippen LogP) is 5.28. The second-order valence-electron chi connectivity index (χ2n) is 10.3. The molecule has 1 aliphatic rings. The van der Waals surface area contributed by atoms with E-state index < -0.39 is 40.1 Å². The molecule has 0 radical (unpaired) electrons. The maximum atomic E-state index is 14.3. The van der Waals surface area contributed by atoms with Crippen LogP contribution in [0.5, 0.6) is 0 Å². The normalized spacial score (nSPS) is 15.7. The fraction of sp³-hybridized carbons (Fsp3) is 0.286. The zero-order valence-electron chi connectivity index (χ0n) is 21.4. The van der Waals surface area contributed by atoms with Crippen molar-refractivity contribution in [1.82, 2.24) is 0 Å². The van der Waals surface area contributed by atoms with Crippen LogP contribution in [0.2, 0.25) is 0 Å². The second-order valence-corrected chi connectivity index (χ2v) is 12.1. The lowest BCUT2D eigenvalue weighted by Gasteiger charge is -2.36. The van der Waals surface area contributed by atoms with Gasteiger partial charge in [-0.2, -0.15) is 0 Å². The first-order valence-corrected chi connectivity index (χ1v) is 13.3. The summed E-state index contributed by atoms with van der Waals surface area (Å²) >= 11 is 0. The molecular weight excluding hydrogens is 493 g/mol. The summed E-state index contributed by atoms with van der Waals surface area (Å²) in [5.74, 6) is -1.89. The Labute approximate surface area is 216 Å². The molecule has 194 valence electrons. The number of aryl methyl sites for hydroxylation is 2. The number of halogens is 1. The molecule has 0 fully saturated rings. The number of anilines is 3. The monoisotopic (exact) mass is 523 g/mol. The summed E-state index contributed by atoms with van der Waals surface area (Å²) in [7, 11) is -4.34. The number of hydrogen-bond acceptors (Lipinski definition) is 4. The van der Waals surface area contributed by atoms with Crippen LogP contribution in [0.4, 0.5) is 21.5 Å². The fourth-order valence-corrected chi connectivity index (χ4v) is 5.87. The average Bonchev–Trinajstić information content (AvgIpc) is 2.81.